The van der Waals surface area contributed by atoms with Gasteiger partial charge in [-0.3, -0.25) is 14.6 Å². The number of urea groups is 1. The number of imide groups is 1. The molecule has 3 aromatic rings. The summed E-state index contributed by atoms with van der Waals surface area (Å²) in [4.78, 5) is 35.6. The molecule has 0 spiro atoms. The van der Waals surface area contributed by atoms with Crippen molar-refractivity contribution in [3.8, 4) is 5.75 Å². The smallest absolute Gasteiger partial charge is 0.325 e. The summed E-state index contributed by atoms with van der Waals surface area (Å²) in [6.45, 7) is 6.64. The van der Waals surface area contributed by atoms with Crippen molar-refractivity contribution in [2.24, 2.45) is 5.92 Å². The summed E-state index contributed by atoms with van der Waals surface area (Å²) >= 11 is 1.57. The molecular weight excluding hydrogens is 460 g/mol. The Labute approximate surface area is 209 Å². The van der Waals surface area contributed by atoms with E-state index in [0.717, 1.165) is 52.8 Å². The molecule has 3 heterocycles. The molecule has 0 radical (unpaired) electrons. The Hall–Kier alpha value is -2.97. The third-order valence-electron chi connectivity index (χ3n) is 7.85. The highest BCUT2D eigenvalue weighted by Crippen LogP contribution is 2.37. The zero-order chi connectivity index (χ0) is 24.6. The number of aromatic hydroxyl groups is 1. The van der Waals surface area contributed by atoms with Crippen LogP contribution in [-0.2, 0) is 17.8 Å². The van der Waals surface area contributed by atoms with Crippen LogP contribution in [0.4, 0.5) is 4.79 Å². The molecule has 0 unspecified atom stereocenters. The van der Waals surface area contributed by atoms with Crippen molar-refractivity contribution < 1.29 is 14.7 Å². The van der Waals surface area contributed by atoms with Gasteiger partial charge in [-0.05, 0) is 62.0 Å². The van der Waals surface area contributed by atoms with Crippen molar-refractivity contribution in [2.75, 3.05) is 19.6 Å². The summed E-state index contributed by atoms with van der Waals surface area (Å²) in [6, 6.07) is 11.6. The van der Waals surface area contributed by atoms with Crippen LogP contribution in [0.5, 0.6) is 5.75 Å². The minimum atomic E-state index is -0.826. The molecule has 3 amide bonds. The Kier molecular flexibility index (Phi) is 6.51. The minimum Gasteiger partial charge on any atom is -0.508 e. The van der Waals surface area contributed by atoms with Crippen LogP contribution in [0.25, 0.3) is 10.8 Å². The van der Waals surface area contributed by atoms with Crippen LogP contribution >= 0.6 is 11.3 Å². The van der Waals surface area contributed by atoms with E-state index in [1.54, 1.807) is 22.9 Å². The molecule has 2 saturated heterocycles. The second-order valence-corrected chi connectivity index (χ2v) is 10.6. The number of aryl methyl sites for hydroxylation is 1. The second-order valence-electron chi connectivity index (χ2n) is 9.66. The predicted molar refractivity (Wildman–Crippen MR) is 137 cm³/mol. The summed E-state index contributed by atoms with van der Waals surface area (Å²) in [6.07, 6.45) is 2.88. The van der Waals surface area contributed by atoms with Crippen LogP contribution < -0.4 is 5.32 Å². The van der Waals surface area contributed by atoms with E-state index in [1.807, 2.05) is 32.0 Å². The van der Waals surface area contributed by atoms with Gasteiger partial charge in [-0.1, -0.05) is 37.3 Å². The molecule has 5 rings (SSSR count). The first kappa shape index (κ1) is 23.8. The fraction of sp³-hybridized carbons (Fsp3) is 0.444. The molecule has 0 aliphatic carbocycles. The molecule has 0 bridgehead atoms. The van der Waals surface area contributed by atoms with E-state index in [0.29, 0.717) is 31.7 Å². The van der Waals surface area contributed by atoms with E-state index in [4.69, 9.17) is 0 Å². The van der Waals surface area contributed by atoms with Gasteiger partial charge >= 0.3 is 6.03 Å². The average molecular weight is 493 g/mol. The maximum atomic E-state index is 13.6. The first-order valence-corrected chi connectivity index (χ1v) is 13.3. The van der Waals surface area contributed by atoms with Crippen LogP contribution in [0.15, 0.2) is 41.9 Å². The fourth-order valence-electron chi connectivity index (χ4n) is 5.73. The summed E-state index contributed by atoms with van der Waals surface area (Å²) in [5.74, 6) is 0.328. The first-order chi connectivity index (χ1) is 16.9. The molecule has 2 aliphatic heterocycles. The van der Waals surface area contributed by atoms with E-state index in [-0.39, 0.29) is 17.9 Å². The van der Waals surface area contributed by atoms with E-state index < -0.39 is 5.54 Å². The summed E-state index contributed by atoms with van der Waals surface area (Å²) < 4.78 is 0. The number of nitrogens with one attached hydrogen (secondary N) is 1. The maximum Gasteiger partial charge on any atom is 0.325 e. The molecule has 1 aromatic heterocycles. The third kappa shape index (κ3) is 4.29. The van der Waals surface area contributed by atoms with Crippen LogP contribution in [0.1, 0.15) is 42.3 Å². The van der Waals surface area contributed by atoms with E-state index in [2.05, 4.69) is 27.3 Å². The van der Waals surface area contributed by atoms with Gasteiger partial charge < -0.3 is 10.4 Å². The second kappa shape index (κ2) is 9.59. The number of rotatable bonds is 7. The lowest BCUT2D eigenvalue weighted by Gasteiger charge is -2.40. The van der Waals surface area contributed by atoms with Crippen molar-refractivity contribution in [3.05, 3.63) is 58.0 Å². The Morgan fingerprint density at radius 3 is 2.66 bits per heavy atom. The number of amides is 3. The number of benzene rings is 2. The van der Waals surface area contributed by atoms with Gasteiger partial charge in [-0.25, -0.2) is 9.78 Å². The number of nitrogens with zero attached hydrogens (tertiary/aromatic N) is 3. The summed E-state index contributed by atoms with van der Waals surface area (Å²) in [7, 11) is 0. The maximum absolute atomic E-state index is 13.6. The number of likely N-dealkylation sites (tertiary alicyclic amines) is 1. The van der Waals surface area contributed by atoms with Gasteiger partial charge in [0.05, 0.1) is 11.2 Å². The highest BCUT2D eigenvalue weighted by molar-refractivity contribution is 7.09. The zero-order valence-corrected chi connectivity index (χ0v) is 21.1. The van der Waals surface area contributed by atoms with Crippen LogP contribution in [-0.4, -0.2) is 57.0 Å². The quantitative estimate of drug-likeness (QED) is 0.476. The molecule has 2 aliphatic rings. The lowest BCUT2D eigenvalue weighted by atomic mass is 9.75. The Bertz CT molecular complexity index is 1250. The van der Waals surface area contributed by atoms with Crippen molar-refractivity contribution in [1.82, 2.24) is 20.1 Å². The van der Waals surface area contributed by atoms with Gasteiger partial charge in [0.25, 0.3) is 5.91 Å². The Morgan fingerprint density at radius 1 is 1.17 bits per heavy atom. The molecule has 7 nitrogen and oxygen atoms in total. The SMILES string of the molecule is CC[C@]1(C2CCN(Cc3c(O)ccc4ccccc34)CC2)NC(=O)N(CCc2scnc2C)C1=O. The minimum absolute atomic E-state index is 0.0858. The van der Waals surface area contributed by atoms with Crippen LogP contribution in [0.2, 0.25) is 0 Å². The highest BCUT2D eigenvalue weighted by atomic mass is 32.1. The van der Waals surface area contributed by atoms with Crippen molar-refractivity contribution in [2.45, 2.75) is 51.6 Å². The fourth-order valence-corrected chi connectivity index (χ4v) is 6.50. The third-order valence-corrected chi connectivity index (χ3v) is 8.84. The van der Waals surface area contributed by atoms with Crippen molar-refractivity contribution in [1.29, 1.82) is 0 Å². The zero-order valence-electron chi connectivity index (χ0n) is 20.3. The number of fused-ring (bicyclic) bond motifs is 1. The first-order valence-electron chi connectivity index (χ1n) is 12.4. The van der Waals surface area contributed by atoms with Gasteiger partial charge in [0.2, 0.25) is 0 Å². The summed E-state index contributed by atoms with van der Waals surface area (Å²) in [5, 5.41) is 15.8. The molecule has 0 saturated carbocycles. The largest absolute Gasteiger partial charge is 0.508 e. The predicted octanol–water partition coefficient (Wildman–Crippen LogP) is 4.47. The standard InChI is InChI=1S/C27H32N4O3S/c1-3-27(25(33)31(26(34)29-27)15-12-24-18(2)28-17-35-24)20-10-13-30(14-11-20)16-22-21-7-5-4-6-19(21)8-9-23(22)32/h4-9,17,20,32H,3,10-16H2,1-2H3,(H,29,34)/t27-/m1/s1. The monoisotopic (exact) mass is 492 g/mol. The van der Waals surface area contributed by atoms with Gasteiger partial charge in [0.15, 0.2) is 0 Å². The molecule has 2 fully saturated rings. The number of carbonyl (C=O) groups is 2. The number of phenols is 1. The topological polar surface area (TPSA) is 85.8 Å². The molecule has 184 valence electrons. The lowest BCUT2D eigenvalue weighted by Crippen LogP contribution is -2.55. The number of piperidine rings is 1. The van der Waals surface area contributed by atoms with Gasteiger partial charge in [0.1, 0.15) is 11.3 Å². The summed E-state index contributed by atoms with van der Waals surface area (Å²) in [5.41, 5.74) is 2.89. The number of aromatic nitrogens is 1. The highest BCUT2D eigenvalue weighted by Gasteiger charge is 2.54. The lowest BCUT2D eigenvalue weighted by molar-refractivity contribution is -0.134. The molecule has 1 atom stereocenters. The molecule has 2 aromatic carbocycles. The number of phenolic OH excluding ortho intramolecular Hbond substituents is 1. The Balaban J connectivity index is 1.26. The number of carbonyl (C=O) groups excluding carboxylic acids is 2. The average Bonchev–Trinajstić information content (AvgIpc) is 3.39. The van der Waals surface area contributed by atoms with Gasteiger partial charge in [-0.15, -0.1) is 11.3 Å². The molecule has 35 heavy (non-hydrogen) atoms. The molecule has 8 heteroatoms. The van der Waals surface area contributed by atoms with E-state index >= 15 is 0 Å². The molecular formula is C27H32N4O3S. The number of hydrogen-bond acceptors (Lipinski definition) is 6. The number of hydrogen-bond donors (Lipinski definition) is 2. The Morgan fingerprint density at radius 2 is 1.94 bits per heavy atom. The van der Waals surface area contributed by atoms with Crippen molar-refractivity contribution >= 4 is 34.0 Å². The van der Waals surface area contributed by atoms with E-state index in [9.17, 15) is 14.7 Å². The normalized spacial score (nSPS) is 21.7. The van der Waals surface area contributed by atoms with E-state index in [1.165, 1.54) is 4.90 Å². The van der Waals surface area contributed by atoms with Gasteiger partial charge in [-0.2, -0.15) is 0 Å². The van der Waals surface area contributed by atoms with Crippen molar-refractivity contribution in [3.63, 3.8) is 0 Å². The number of thiazole rings is 1. The molecule has 2 N–H and O–H groups in total. The van der Waals surface area contributed by atoms with Gasteiger partial charge in [0, 0.05) is 30.0 Å². The van der Waals surface area contributed by atoms with Crippen LogP contribution in [0.3, 0.4) is 0 Å². The van der Waals surface area contributed by atoms with Crippen LogP contribution in [0, 0.1) is 12.8 Å².